The first-order chi connectivity index (χ1) is 16.5. The number of alkyl carbamates (subject to hydrolysis) is 1. The molecule has 1 fully saturated rings. The predicted molar refractivity (Wildman–Crippen MR) is 135 cm³/mol. The van der Waals surface area contributed by atoms with E-state index in [0.717, 1.165) is 39.5 Å². The molecule has 2 atom stereocenters. The SMILES string of the molecule is O=C(O)CCC(NC(=O)OCC1c2ccccc2-c2ccccc21)C(=O)NCC1CSCCS1. The van der Waals surface area contributed by atoms with Crippen molar-refractivity contribution in [2.75, 3.05) is 30.4 Å². The zero-order valence-corrected chi connectivity index (χ0v) is 20.3. The quantitative estimate of drug-likeness (QED) is 0.482. The van der Waals surface area contributed by atoms with Crippen molar-refractivity contribution < 1.29 is 24.2 Å². The maximum absolute atomic E-state index is 12.7. The Morgan fingerprint density at radius 2 is 1.71 bits per heavy atom. The fourth-order valence-corrected chi connectivity index (χ4v) is 6.92. The highest BCUT2D eigenvalue weighted by Gasteiger charge is 2.30. The smallest absolute Gasteiger partial charge is 0.407 e. The number of rotatable bonds is 9. The van der Waals surface area contributed by atoms with Crippen LogP contribution >= 0.6 is 23.5 Å². The molecule has 180 valence electrons. The van der Waals surface area contributed by atoms with E-state index in [1.54, 1.807) is 0 Å². The Hall–Kier alpha value is -2.65. The largest absolute Gasteiger partial charge is 0.481 e. The average Bonchev–Trinajstić information content (AvgIpc) is 3.18. The lowest BCUT2D eigenvalue weighted by Crippen LogP contribution is -2.49. The lowest BCUT2D eigenvalue weighted by molar-refractivity contribution is -0.137. The highest BCUT2D eigenvalue weighted by Crippen LogP contribution is 2.44. The predicted octanol–water partition coefficient (Wildman–Crippen LogP) is 3.72. The van der Waals surface area contributed by atoms with Crippen LogP contribution in [0.15, 0.2) is 48.5 Å². The maximum Gasteiger partial charge on any atom is 0.407 e. The van der Waals surface area contributed by atoms with Gasteiger partial charge in [-0.3, -0.25) is 9.59 Å². The van der Waals surface area contributed by atoms with E-state index >= 15 is 0 Å². The van der Waals surface area contributed by atoms with Gasteiger partial charge in [0.15, 0.2) is 0 Å². The number of ether oxygens (including phenoxy) is 1. The monoisotopic (exact) mass is 500 g/mol. The molecule has 0 saturated carbocycles. The van der Waals surface area contributed by atoms with Crippen molar-refractivity contribution in [3.8, 4) is 11.1 Å². The molecular formula is C25H28N2O5S2. The molecule has 1 aliphatic heterocycles. The van der Waals surface area contributed by atoms with E-state index in [1.807, 2.05) is 59.9 Å². The van der Waals surface area contributed by atoms with Crippen molar-refractivity contribution in [2.24, 2.45) is 0 Å². The molecule has 34 heavy (non-hydrogen) atoms. The van der Waals surface area contributed by atoms with Gasteiger partial charge in [-0.1, -0.05) is 48.5 Å². The van der Waals surface area contributed by atoms with Crippen LogP contribution in [0.1, 0.15) is 29.9 Å². The number of carboxylic acids is 1. The average molecular weight is 501 g/mol. The van der Waals surface area contributed by atoms with Gasteiger partial charge < -0.3 is 20.5 Å². The molecule has 7 nitrogen and oxygen atoms in total. The van der Waals surface area contributed by atoms with Crippen molar-refractivity contribution in [2.45, 2.75) is 30.1 Å². The van der Waals surface area contributed by atoms with Crippen LogP contribution in [0.5, 0.6) is 0 Å². The molecule has 2 unspecified atom stereocenters. The second-order valence-electron chi connectivity index (χ2n) is 8.27. The number of hydrogen-bond acceptors (Lipinski definition) is 6. The maximum atomic E-state index is 12.7. The van der Waals surface area contributed by atoms with Gasteiger partial charge in [0, 0.05) is 41.4 Å². The Morgan fingerprint density at radius 1 is 1.03 bits per heavy atom. The number of amides is 2. The third-order valence-corrected chi connectivity index (χ3v) is 8.83. The summed E-state index contributed by atoms with van der Waals surface area (Å²) in [6.07, 6.45) is -0.955. The first-order valence-corrected chi connectivity index (χ1v) is 13.5. The van der Waals surface area contributed by atoms with E-state index in [1.165, 1.54) is 0 Å². The third-order valence-electron chi connectivity index (χ3n) is 5.99. The number of carbonyl (C=O) groups excluding carboxylic acids is 2. The van der Waals surface area contributed by atoms with Crippen molar-refractivity contribution in [3.05, 3.63) is 59.7 Å². The minimum Gasteiger partial charge on any atom is -0.481 e. The molecule has 3 N–H and O–H groups in total. The molecule has 2 aliphatic rings. The summed E-state index contributed by atoms with van der Waals surface area (Å²) < 4.78 is 5.54. The van der Waals surface area contributed by atoms with Crippen LogP contribution in [0.3, 0.4) is 0 Å². The number of aliphatic carboxylic acids is 1. The molecule has 4 rings (SSSR count). The molecule has 1 saturated heterocycles. The van der Waals surface area contributed by atoms with Crippen LogP contribution in [-0.4, -0.2) is 64.8 Å². The van der Waals surface area contributed by atoms with Gasteiger partial charge in [-0.2, -0.15) is 23.5 Å². The van der Waals surface area contributed by atoms with Crippen LogP contribution in [0.4, 0.5) is 4.79 Å². The molecule has 9 heteroatoms. The Labute approximate surface area is 207 Å². The molecule has 0 radical (unpaired) electrons. The molecule has 2 amide bonds. The van der Waals surface area contributed by atoms with E-state index in [0.29, 0.717) is 11.8 Å². The minimum absolute atomic E-state index is 0.00206. The highest BCUT2D eigenvalue weighted by molar-refractivity contribution is 8.06. The van der Waals surface area contributed by atoms with E-state index in [4.69, 9.17) is 9.84 Å². The summed E-state index contributed by atoms with van der Waals surface area (Å²) in [6, 6.07) is 15.1. The lowest BCUT2D eigenvalue weighted by Gasteiger charge is -2.23. The number of hydrogen-bond donors (Lipinski definition) is 3. The molecule has 1 heterocycles. The molecule has 2 aromatic carbocycles. The van der Waals surface area contributed by atoms with E-state index in [2.05, 4.69) is 22.8 Å². The van der Waals surface area contributed by atoms with Gasteiger partial charge in [0.2, 0.25) is 5.91 Å². The summed E-state index contributed by atoms with van der Waals surface area (Å²) >= 11 is 3.68. The second kappa shape index (κ2) is 11.7. The highest BCUT2D eigenvalue weighted by atomic mass is 32.2. The number of carboxylic acid groups (broad SMARTS) is 1. The third kappa shape index (κ3) is 6.07. The summed E-state index contributed by atoms with van der Waals surface area (Å²) in [7, 11) is 0. The lowest BCUT2D eigenvalue weighted by atomic mass is 9.98. The van der Waals surface area contributed by atoms with Gasteiger partial charge in [-0.05, 0) is 28.7 Å². The number of benzene rings is 2. The summed E-state index contributed by atoms with van der Waals surface area (Å²) in [6.45, 7) is 0.621. The second-order valence-corrected chi connectivity index (χ2v) is 10.8. The van der Waals surface area contributed by atoms with Gasteiger partial charge >= 0.3 is 12.1 Å². The van der Waals surface area contributed by atoms with E-state index in [-0.39, 0.29) is 31.3 Å². The van der Waals surface area contributed by atoms with Crippen LogP contribution in [-0.2, 0) is 14.3 Å². The topological polar surface area (TPSA) is 105 Å². The fraction of sp³-hybridized carbons (Fsp3) is 0.400. The first-order valence-electron chi connectivity index (χ1n) is 11.3. The van der Waals surface area contributed by atoms with Gasteiger partial charge in [-0.25, -0.2) is 4.79 Å². The van der Waals surface area contributed by atoms with Crippen molar-refractivity contribution in [1.82, 2.24) is 10.6 Å². The van der Waals surface area contributed by atoms with E-state index in [9.17, 15) is 14.4 Å². The summed E-state index contributed by atoms with van der Waals surface area (Å²) in [5.41, 5.74) is 4.45. The van der Waals surface area contributed by atoms with Crippen LogP contribution < -0.4 is 10.6 Å². The number of nitrogens with one attached hydrogen (secondary N) is 2. The molecule has 0 spiro atoms. The van der Waals surface area contributed by atoms with Crippen molar-refractivity contribution in [3.63, 3.8) is 0 Å². The Morgan fingerprint density at radius 3 is 2.32 bits per heavy atom. The fourth-order valence-electron chi connectivity index (χ4n) is 4.31. The summed E-state index contributed by atoms with van der Waals surface area (Å²) in [5.74, 6) is 1.62. The van der Waals surface area contributed by atoms with E-state index < -0.39 is 18.1 Å². The normalized spacial score (nSPS) is 17.8. The number of thioether (sulfide) groups is 2. The number of fused-ring (bicyclic) bond motifs is 3. The molecule has 0 bridgehead atoms. The Balaban J connectivity index is 1.36. The van der Waals surface area contributed by atoms with Gasteiger partial charge in [0.1, 0.15) is 12.6 Å². The zero-order valence-electron chi connectivity index (χ0n) is 18.7. The molecular weight excluding hydrogens is 472 g/mol. The summed E-state index contributed by atoms with van der Waals surface area (Å²) in [5, 5.41) is 14.8. The zero-order chi connectivity index (χ0) is 23.9. The van der Waals surface area contributed by atoms with Gasteiger partial charge in [0.05, 0.1) is 0 Å². The van der Waals surface area contributed by atoms with Crippen LogP contribution in [0.25, 0.3) is 11.1 Å². The molecule has 2 aromatic rings. The van der Waals surface area contributed by atoms with Gasteiger partial charge in [-0.15, -0.1) is 0 Å². The standard InChI is InChI=1S/C25H28N2O5S2/c28-23(29)10-9-22(24(30)26-13-16-15-33-11-12-34-16)27-25(31)32-14-21-19-7-3-1-5-17(19)18-6-2-4-8-20(18)21/h1-8,16,21-22H,9-15H2,(H,26,30)(H,27,31)(H,28,29). The minimum atomic E-state index is -1.02. The van der Waals surface area contributed by atoms with Crippen molar-refractivity contribution in [1.29, 1.82) is 0 Å². The Bertz CT molecular complexity index is 996. The first kappa shape index (κ1) is 24.5. The number of carbonyl (C=O) groups is 3. The van der Waals surface area contributed by atoms with Crippen LogP contribution in [0.2, 0.25) is 0 Å². The molecule has 0 aromatic heterocycles. The van der Waals surface area contributed by atoms with Crippen LogP contribution in [0, 0.1) is 0 Å². The van der Waals surface area contributed by atoms with Crippen molar-refractivity contribution >= 4 is 41.5 Å². The molecule has 1 aliphatic carbocycles. The summed E-state index contributed by atoms with van der Waals surface area (Å²) in [4.78, 5) is 36.4. The Kier molecular flexibility index (Phi) is 8.39. The van der Waals surface area contributed by atoms with Gasteiger partial charge in [0.25, 0.3) is 0 Å².